The number of carbonyl (C=O) groups excluding carboxylic acids is 1. The van der Waals surface area contributed by atoms with Crippen LogP contribution in [-0.4, -0.2) is 39.6 Å². The van der Waals surface area contributed by atoms with Crippen molar-refractivity contribution < 1.29 is 68.0 Å². The zero-order valence-corrected chi connectivity index (χ0v) is 24.5. The molecule has 1 amide bonds. The molecule has 0 aliphatic carbocycles. The van der Waals surface area contributed by atoms with E-state index in [1.807, 2.05) is 48.5 Å². The topological polar surface area (TPSA) is 117 Å². The van der Waals surface area contributed by atoms with Crippen LogP contribution >= 0.6 is 11.6 Å². The van der Waals surface area contributed by atoms with Crippen molar-refractivity contribution in [3.63, 3.8) is 0 Å². The predicted molar refractivity (Wildman–Crippen MR) is 126 cm³/mol. The van der Waals surface area contributed by atoms with Gasteiger partial charge < -0.3 is 25.0 Å². The van der Waals surface area contributed by atoms with E-state index < -0.39 is 12.0 Å². The van der Waals surface area contributed by atoms with Gasteiger partial charge in [-0.15, -0.1) is 0 Å². The summed E-state index contributed by atoms with van der Waals surface area (Å²) in [7, 11) is 0. The standard InChI is InChI=1S/C25H25ClN3O5.Ac/c26-18-7-3-17(4-8-18)15-33-19-9-5-16(6-10-19)12-24(30)29-11-1-2-23(29)22-14-20(34-28-22)13-21(27)25(31)32;/h3-10,14,21,23,27H,1-2,11-13,15H2,(H,31,32);/q-1;. The van der Waals surface area contributed by atoms with Crippen LogP contribution in [0.4, 0.5) is 0 Å². The Morgan fingerprint density at radius 2 is 1.86 bits per heavy atom. The molecule has 8 nitrogen and oxygen atoms in total. The molecule has 3 aromatic rings. The zero-order valence-electron chi connectivity index (χ0n) is 19.0. The predicted octanol–water partition coefficient (Wildman–Crippen LogP) is 4.86. The van der Waals surface area contributed by atoms with E-state index in [0.29, 0.717) is 29.6 Å². The van der Waals surface area contributed by atoms with Gasteiger partial charge in [0, 0.05) is 68.1 Å². The fourth-order valence-electron chi connectivity index (χ4n) is 3.97. The maximum absolute atomic E-state index is 13.0. The molecular formula is C25H25AcClN3O5-. The molecule has 0 saturated carbocycles. The van der Waals surface area contributed by atoms with Gasteiger partial charge in [-0.1, -0.05) is 41.0 Å². The normalized spacial score (nSPS) is 15.9. The SMILES string of the molecule is [Ac].[NH-]C(Cc1cc(C2CCCN2C(=O)Cc2ccc(OCc3ccc(Cl)cc3)cc2)no1)C(=O)O. The van der Waals surface area contributed by atoms with Crippen LogP contribution in [0.25, 0.3) is 5.73 Å². The van der Waals surface area contributed by atoms with Gasteiger partial charge >= 0.3 is 0 Å². The monoisotopic (exact) mass is 709 g/mol. The van der Waals surface area contributed by atoms with Gasteiger partial charge in [0.25, 0.3) is 5.97 Å². The third kappa shape index (κ3) is 7.53. The fraction of sp³-hybridized carbons (Fsp3) is 0.320. The van der Waals surface area contributed by atoms with Crippen LogP contribution < -0.4 is 4.74 Å². The summed E-state index contributed by atoms with van der Waals surface area (Å²) >= 11 is 5.90. The van der Waals surface area contributed by atoms with Gasteiger partial charge in [-0.25, -0.2) is 0 Å². The van der Waals surface area contributed by atoms with Crippen molar-refractivity contribution in [2.75, 3.05) is 6.54 Å². The van der Waals surface area contributed by atoms with Crippen molar-refractivity contribution in [3.8, 4) is 5.75 Å². The second-order valence-corrected chi connectivity index (χ2v) is 8.73. The summed E-state index contributed by atoms with van der Waals surface area (Å²) in [5.74, 6) is -0.164. The average molecular weight is 710 g/mol. The van der Waals surface area contributed by atoms with Gasteiger partial charge in [-0.05, 0) is 54.3 Å². The summed E-state index contributed by atoms with van der Waals surface area (Å²) < 4.78 is 11.0. The number of carboxylic acid groups (broad SMARTS) is 1. The molecule has 1 aliphatic heterocycles. The largest absolute Gasteiger partial charge is 0.665 e. The first kappa shape index (κ1) is 27.7. The Hall–Kier alpha value is -1.92. The number of rotatable bonds is 9. The van der Waals surface area contributed by atoms with E-state index in [0.717, 1.165) is 29.7 Å². The number of hydrogen-bond donors (Lipinski definition) is 1. The Labute approximate surface area is 244 Å². The summed E-state index contributed by atoms with van der Waals surface area (Å²) in [4.78, 5) is 25.7. The molecule has 2 heterocycles. The molecule has 2 aromatic carbocycles. The van der Waals surface area contributed by atoms with Crippen molar-refractivity contribution in [1.29, 1.82) is 0 Å². The van der Waals surface area contributed by atoms with Crippen LogP contribution in [0.2, 0.25) is 5.02 Å². The van der Waals surface area contributed by atoms with E-state index in [2.05, 4.69) is 5.16 Å². The molecule has 2 N–H and O–H groups in total. The number of carbonyl (C=O) groups is 2. The summed E-state index contributed by atoms with van der Waals surface area (Å²) in [6.45, 7) is 1.06. The molecule has 35 heavy (non-hydrogen) atoms. The van der Waals surface area contributed by atoms with Crippen LogP contribution in [0.15, 0.2) is 59.1 Å². The maximum Gasteiger partial charge on any atom is 0.285 e. The van der Waals surface area contributed by atoms with Crippen molar-refractivity contribution in [2.45, 2.75) is 44.4 Å². The second kappa shape index (κ2) is 12.9. The molecule has 1 radical (unpaired) electrons. The van der Waals surface area contributed by atoms with Gasteiger partial charge in [0.05, 0.1) is 12.5 Å². The Morgan fingerprint density at radius 3 is 2.54 bits per heavy atom. The van der Waals surface area contributed by atoms with Crippen molar-refractivity contribution in [1.82, 2.24) is 10.1 Å². The number of nitrogens with zero attached hydrogens (tertiary/aromatic N) is 2. The number of benzene rings is 2. The van der Waals surface area contributed by atoms with Gasteiger partial charge in [0.1, 0.15) is 23.8 Å². The first-order chi connectivity index (χ1) is 16.4. The van der Waals surface area contributed by atoms with Crippen LogP contribution in [-0.2, 0) is 29.0 Å². The minimum atomic E-state index is -1.31. The molecule has 4 rings (SSSR count). The third-order valence-corrected chi connectivity index (χ3v) is 6.04. The summed E-state index contributed by atoms with van der Waals surface area (Å²) in [6.07, 6.45) is 1.81. The summed E-state index contributed by atoms with van der Waals surface area (Å²) in [5.41, 5.74) is 10.0. The number of aromatic nitrogens is 1. The minimum Gasteiger partial charge on any atom is -0.665 e. The van der Waals surface area contributed by atoms with E-state index in [1.165, 1.54) is 0 Å². The van der Waals surface area contributed by atoms with Gasteiger partial charge in [0.2, 0.25) is 5.91 Å². The van der Waals surface area contributed by atoms with Crippen molar-refractivity contribution >= 4 is 23.5 Å². The van der Waals surface area contributed by atoms with E-state index in [1.54, 1.807) is 11.0 Å². The number of hydrogen-bond acceptors (Lipinski definition) is 5. The second-order valence-electron chi connectivity index (χ2n) is 8.29. The average Bonchev–Trinajstić information content (AvgIpc) is 3.49. The Bertz CT molecular complexity index is 1140. The molecule has 1 saturated heterocycles. The van der Waals surface area contributed by atoms with Crippen molar-refractivity contribution in [3.05, 3.63) is 87.9 Å². The van der Waals surface area contributed by atoms with Crippen LogP contribution in [0.5, 0.6) is 5.75 Å². The Morgan fingerprint density at radius 1 is 1.17 bits per heavy atom. The summed E-state index contributed by atoms with van der Waals surface area (Å²) in [6, 6.07) is 15.1. The van der Waals surface area contributed by atoms with Crippen LogP contribution in [0.3, 0.4) is 0 Å². The van der Waals surface area contributed by atoms with Gasteiger partial charge in [0.15, 0.2) is 0 Å². The summed E-state index contributed by atoms with van der Waals surface area (Å²) in [5, 5.41) is 13.6. The van der Waals surface area contributed by atoms with E-state index in [9.17, 15) is 9.59 Å². The quantitative estimate of drug-likeness (QED) is 0.340. The number of likely N-dealkylation sites (tertiary alicyclic amines) is 1. The van der Waals surface area contributed by atoms with Crippen molar-refractivity contribution in [2.24, 2.45) is 0 Å². The molecule has 181 valence electrons. The molecule has 10 heteroatoms. The number of aliphatic carboxylic acids is 1. The zero-order chi connectivity index (χ0) is 24.1. The molecule has 2 atom stereocenters. The van der Waals surface area contributed by atoms with Crippen LogP contribution in [0, 0.1) is 44.1 Å². The molecular weight excluding hydrogens is 685 g/mol. The smallest absolute Gasteiger partial charge is 0.285 e. The maximum atomic E-state index is 13.0. The Kier molecular flexibility index (Phi) is 10.2. The number of nitrogens with one attached hydrogen (secondary N) is 1. The van der Waals surface area contributed by atoms with Gasteiger partial charge in [-0.3, -0.25) is 9.59 Å². The number of ether oxygens (including phenoxy) is 1. The molecule has 2 unspecified atom stereocenters. The van der Waals surface area contributed by atoms with Gasteiger partial charge in [-0.2, -0.15) is 0 Å². The fourth-order valence-corrected chi connectivity index (χ4v) is 4.10. The number of amides is 1. The molecule has 0 spiro atoms. The number of halogens is 1. The molecule has 0 bridgehead atoms. The first-order valence-electron chi connectivity index (χ1n) is 11.0. The van der Waals surface area contributed by atoms with E-state index in [-0.39, 0.29) is 68.9 Å². The van der Waals surface area contributed by atoms with Crippen LogP contribution in [0.1, 0.15) is 41.5 Å². The molecule has 1 aliphatic rings. The van der Waals surface area contributed by atoms with E-state index in [4.69, 9.17) is 31.7 Å². The third-order valence-electron chi connectivity index (χ3n) is 5.79. The minimum absolute atomic E-state index is 0. The Balaban J connectivity index is 0.00000342. The molecule has 1 fully saturated rings. The number of carboxylic acids is 1. The molecule has 1 aromatic heterocycles. The first-order valence-corrected chi connectivity index (χ1v) is 11.4. The van der Waals surface area contributed by atoms with E-state index >= 15 is 0 Å².